The van der Waals surface area contributed by atoms with E-state index in [9.17, 15) is 14.4 Å². The summed E-state index contributed by atoms with van der Waals surface area (Å²) in [6.45, 7) is -0.144. The molecule has 0 aliphatic rings. The Morgan fingerprint density at radius 2 is 2.04 bits per heavy atom. The Bertz CT molecular complexity index is 1100. The van der Waals surface area contributed by atoms with E-state index in [-0.39, 0.29) is 17.7 Å². The van der Waals surface area contributed by atoms with Gasteiger partial charge >= 0.3 is 5.69 Å². The molecule has 0 fully saturated rings. The predicted molar refractivity (Wildman–Crippen MR) is 91.4 cm³/mol. The topological polar surface area (TPSA) is 108 Å². The summed E-state index contributed by atoms with van der Waals surface area (Å²) in [6, 6.07) is 3.71. The second kappa shape index (κ2) is 6.23. The molecule has 0 atom stereocenters. The molecule has 0 saturated heterocycles. The van der Waals surface area contributed by atoms with Crippen LogP contribution in [0.4, 0.5) is 0 Å². The number of fused-ring (bicyclic) bond motifs is 1. The molecule has 0 aliphatic heterocycles. The number of aromatic nitrogens is 5. The lowest BCUT2D eigenvalue weighted by Gasteiger charge is -2.06. The molecule has 10 nitrogen and oxygen atoms in total. The maximum absolute atomic E-state index is 12.3. The zero-order chi connectivity index (χ0) is 18.1. The highest BCUT2D eigenvalue weighted by atomic mass is 16.2. The van der Waals surface area contributed by atoms with Crippen molar-refractivity contribution >= 4 is 23.3 Å². The van der Waals surface area contributed by atoms with Crippen LogP contribution in [0.1, 0.15) is 5.69 Å². The summed E-state index contributed by atoms with van der Waals surface area (Å²) in [5, 5.41) is 3.89. The third-order valence-corrected chi connectivity index (χ3v) is 3.90. The first-order chi connectivity index (χ1) is 11.9. The summed E-state index contributed by atoms with van der Waals surface area (Å²) in [5.74, 6) is -0.416. The maximum Gasteiger partial charge on any atom is 0.332 e. The highest BCUT2D eigenvalue weighted by Crippen LogP contribution is 2.05. The van der Waals surface area contributed by atoms with Crippen LogP contribution in [-0.4, -0.2) is 35.4 Å². The molecule has 1 amide bonds. The van der Waals surface area contributed by atoms with Crippen LogP contribution >= 0.6 is 0 Å². The van der Waals surface area contributed by atoms with Gasteiger partial charge in [-0.25, -0.2) is 15.2 Å². The first-order valence-corrected chi connectivity index (χ1v) is 7.44. The van der Waals surface area contributed by atoms with Crippen LogP contribution in [0.2, 0.25) is 0 Å². The van der Waals surface area contributed by atoms with Crippen molar-refractivity contribution in [2.24, 2.45) is 26.2 Å². The van der Waals surface area contributed by atoms with Gasteiger partial charge in [0, 0.05) is 27.3 Å². The largest absolute Gasteiger partial charge is 0.350 e. The van der Waals surface area contributed by atoms with Crippen LogP contribution in [0.15, 0.2) is 39.3 Å². The number of aryl methyl sites for hydroxylation is 2. The molecule has 0 spiro atoms. The minimum atomic E-state index is -0.504. The zero-order valence-corrected chi connectivity index (χ0v) is 14.0. The summed E-state index contributed by atoms with van der Waals surface area (Å²) in [7, 11) is 4.76. The number of nitrogens with one attached hydrogen (secondary N) is 1. The Labute approximate surface area is 141 Å². The molecule has 3 heterocycles. The fourth-order valence-corrected chi connectivity index (χ4v) is 2.49. The zero-order valence-electron chi connectivity index (χ0n) is 14.0. The van der Waals surface area contributed by atoms with E-state index in [2.05, 4.69) is 15.5 Å². The van der Waals surface area contributed by atoms with Gasteiger partial charge in [-0.3, -0.25) is 18.7 Å². The first-order valence-electron chi connectivity index (χ1n) is 7.44. The number of hydrogen-bond acceptors (Lipinski definition) is 5. The molecule has 25 heavy (non-hydrogen) atoms. The van der Waals surface area contributed by atoms with Gasteiger partial charge in [-0.2, -0.15) is 5.10 Å². The van der Waals surface area contributed by atoms with E-state index < -0.39 is 17.2 Å². The number of amides is 1. The molecule has 3 aromatic heterocycles. The molecular weight excluding hydrogens is 326 g/mol. The number of hydrogen-bond donors (Lipinski definition) is 1. The second-order valence-corrected chi connectivity index (χ2v) is 5.59. The van der Waals surface area contributed by atoms with Gasteiger partial charge in [-0.05, 0) is 12.1 Å². The fourth-order valence-electron chi connectivity index (χ4n) is 2.49. The lowest BCUT2D eigenvalue weighted by molar-refractivity contribution is -0.121. The highest BCUT2D eigenvalue weighted by Gasteiger charge is 2.15. The average molecular weight is 343 g/mol. The lowest BCUT2D eigenvalue weighted by Crippen LogP contribution is -2.38. The highest BCUT2D eigenvalue weighted by molar-refractivity contribution is 5.82. The number of carbonyl (C=O) groups is 1. The third-order valence-electron chi connectivity index (χ3n) is 3.90. The van der Waals surface area contributed by atoms with Crippen molar-refractivity contribution in [3.8, 4) is 0 Å². The number of rotatable bonds is 4. The van der Waals surface area contributed by atoms with Crippen LogP contribution in [0.5, 0.6) is 0 Å². The molecule has 0 saturated carbocycles. The molecule has 0 radical (unpaired) electrons. The molecule has 0 aromatic carbocycles. The summed E-state index contributed by atoms with van der Waals surface area (Å²) >= 11 is 0. The fraction of sp³-hybridized carbons (Fsp3) is 0.267. The molecule has 0 unspecified atom stereocenters. The number of carbonyl (C=O) groups excluding carboxylic acids is 1. The normalized spacial score (nSPS) is 11.5. The molecule has 3 rings (SSSR count). The Balaban J connectivity index is 1.83. The smallest absolute Gasteiger partial charge is 0.332 e. The van der Waals surface area contributed by atoms with Gasteiger partial charge in [0.05, 0.1) is 18.2 Å². The minimum absolute atomic E-state index is 0.144. The van der Waals surface area contributed by atoms with Crippen molar-refractivity contribution in [2.75, 3.05) is 0 Å². The van der Waals surface area contributed by atoms with Crippen molar-refractivity contribution < 1.29 is 4.79 Å². The van der Waals surface area contributed by atoms with E-state index in [0.29, 0.717) is 0 Å². The molecular formula is C15H17N7O3. The van der Waals surface area contributed by atoms with Gasteiger partial charge in [-0.15, -0.1) is 0 Å². The molecule has 130 valence electrons. The van der Waals surface area contributed by atoms with Crippen molar-refractivity contribution in [1.29, 1.82) is 0 Å². The van der Waals surface area contributed by atoms with E-state index in [0.717, 1.165) is 10.3 Å². The van der Waals surface area contributed by atoms with Crippen LogP contribution < -0.4 is 16.7 Å². The van der Waals surface area contributed by atoms with Gasteiger partial charge < -0.3 is 9.13 Å². The number of imidazole rings is 1. The van der Waals surface area contributed by atoms with Crippen LogP contribution in [0.3, 0.4) is 0 Å². The number of hydrazone groups is 1. The Morgan fingerprint density at radius 3 is 2.72 bits per heavy atom. The van der Waals surface area contributed by atoms with Gasteiger partial charge in [0.25, 0.3) is 11.5 Å². The van der Waals surface area contributed by atoms with Crippen molar-refractivity contribution in [1.82, 2.24) is 28.7 Å². The predicted octanol–water partition coefficient (Wildman–Crippen LogP) is -1.08. The minimum Gasteiger partial charge on any atom is -0.350 e. The molecule has 3 aromatic rings. The van der Waals surface area contributed by atoms with Crippen LogP contribution in [0.25, 0.3) is 11.2 Å². The molecule has 0 aliphatic carbocycles. The van der Waals surface area contributed by atoms with Crippen molar-refractivity contribution in [3.63, 3.8) is 0 Å². The van der Waals surface area contributed by atoms with Gasteiger partial charge in [-0.1, -0.05) is 0 Å². The van der Waals surface area contributed by atoms with E-state index in [1.807, 2.05) is 29.9 Å². The van der Waals surface area contributed by atoms with Gasteiger partial charge in [0.15, 0.2) is 11.2 Å². The lowest BCUT2D eigenvalue weighted by atomic mass is 10.4. The molecule has 0 bridgehead atoms. The SMILES string of the molecule is Cn1cccc1C=NNC(=O)Cn1cnc2c1c(=O)n(C)c(=O)n2C. The summed E-state index contributed by atoms with van der Waals surface area (Å²) < 4.78 is 5.48. The van der Waals surface area contributed by atoms with Crippen LogP contribution in [0, 0.1) is 0 Å². The number of nitrogens with zero attached hydrogens (tertiary/aromatic N) is 6. The molecule has 10 heteroatoms. The monoisotopic (exact) mass is 343 g/mol. The van der Waals surface area contributed by atoms with E-state index in [1.54, 1.807) is 0 Å². The first kappa shape index (κ1) is 16.4. The Hall–Kier alpha value is -3.43. The molecule has 1 N–H and O–H groups in total. The third kappa shape index (κ3) is 2.89. The van der Waals surface area contributed by atoms with Gasteiger partial charge in [0.2, 0.25) is 0 Å². The van der Waals surface area contributed by atoms with E-state index in [4.69, 9.17) is 0 Å². The van der Waals surface area contributed by atoms with Gasteiger partial charge in [0.1, 0.15) is 6.54 Å². The van der Waals surface area contributed by atoms with E-state index in [1.165, 1.54) is 35.8 Å². The second-order valence-electron chi connectivity index (χ2n) is 5.59. The van der Waals surface area contributed by atoms with E-state index >= 15 is 0 Å². The average Bonchev–Trinajstić information content (AvgIpc) is 3.18. The van der Waals surface area contributed by atoms with Crippen LogP contribution in [-0.2, 0) is 32.5 Å². The Kier molecular flexibility index (Phi) is 4.09. The summed E-state index contributed by atoms with van der Waals surface area (Å²) in [5.41, 5.74) is 2.67. The summed E-state index contributed by atoms with van der Waals surface area (Å²) in [4.78, 5) is 40.3. The standard InChI is InChI=1S/C15H17N7O3/c1-19-6-4-5-10(19)7-17-18-11(23)8-22-9-16-13-12(22)14(24)21(3)15(25)20(13)2/h4-7,9H,8H2,1-3H3,(H,18,23). The van der Waals surface area contributed by atoms with Crippen molar-refractivity contribution in [3.05, 3.63) is 51.2 Å². The van der Waals surface area contributed by atoms with Crippen molar-refractivity contribution in [2.45, 2.75) is 6.54 Å². The quantitative estimate of drug-likeness (QED) is 0.480. The Morgan fingerprint density at radius 1 is 1.28 bits per heavy atom. The maximum atomic E-state index is 12.3. The summed E-state index contributed by atoms with van der Waals surface area (Å²) in [6.07, 6.45) is 4.74.